The average Bonchev–Trinajstić information content (AvgIpc) is 2.27. The minimum absolute atomic E-state index is 0.156. The zero-order chi connectivity index (χ0) is 12.3. The van der Waals surface area contributed by atoms with Gasteiger partial charge in [-0.3, -0.25) is 0 Å². The Morgan fingerprint density at radius 2 is 2.24 bits per heavy atom. The molecule has 1 aliphatic rings. The second-order valence-corrected chi connectivity index (χ2v) is 4.28. The van der Waals surface area contributed by atoms with Crippen molar-refractivity contribution in [2.45, 2.75) is 19.3 Å². The van der Waals surface area contributed by atoms with Crippen molar-refractivity contribution in [2.24, 2.45) is 5.92 Å². The van der Waals surface area contributed by atoms with E-state index in [-0.39, 0.29) is 5.56 Å². The van der Waals surface area contributed by atoms with Crippen LogP contribution in [0.15, 0.2) is 18.2 Å². The molecule has 1 aromatic rings. The van der Waals surface area contributed by atoms with Crippen LogP contribution < -0.4 is 9.47 Å². The minimum atomic E-state index is -0.993. The number of hydrogen-bond donors (Lipinski definition) is 1. The molecule has 17 heavy (non-hydrogen) atoms. The predicted octanol–water partition coefficient (Wildman–Crippen LogP) is 2.57. The van der Waals surface area contributed by atoms with Crippen LogP contribution in [0.3, 0.4) is 0 Å². The fraction of sp³-hybridized carbons (Fsp3) is 0.462. The van der Waals surface area contributed by atoms with Gasteiger partial charge in [-0.1, -0.05) is 6.42 Å². The number of carbonyl (C=O) groups is 1. The number of benzene rings is 1. The highest BCUT2D eigenvalue weighted by Crippen LogP contribution is 2.29. The molecule has 0 aromatic heterocycles. The topological polar surface area (TPSA) is 55.8 Å². The molecule has 0 bridgehead atoms. The van der Waals surface area contributed by atoms with Gasteiger partial charge in [0.25, 0.3) is 0 Å². The zero-order valence-corrected chi connectivity index (χ0v) is 9.81. The smallest absolute Gasteiger partial charge is 0.339 e. The summed E-state index contributed by atoms with van der Waals surface area (Å²) in [6.45, 7) is 0.604. The number of carboxylic acids is 1. The molecule has 1 aliphatic carbocycles. The molecule has 4 heteroatoms. The first kappa shape index (κ1) is 11.8. The molecule has 2 rings (SSSR count). The van der Waals surface area contributed by atoms with Gasteiger partial charge in [-0.2, -0.15) is 0 Å². The Morgan fingerprint density at radius 1 is 1.47 bits per heavy atom. The monoisotopic (exact) mass is 236 g/mol. The summed E-state index contributed by atoms with van der Waals surface area (Å²) in [7, 11) is 1.51. The summed E-state index contributed by atoms with van der Waals surface area (Å²) in [5.41, 5.74) is 0.156. The fourth-order valence-corrected chi connectivity index (χ4v) is 1.80. The Bertz CT molecular complexity index is 410. The van der Waals surface area contributed by atoms with Gasteiger partial charge >= 0.3 is 5.97 Å². The van der Waals surface area contributed by atoms with Crippen molar-refractivity contribution in [2.75, 3.05) is 13.7 Å². The minimum Gasteiger partial charge on any atom is -0.497 e. The van der Waals surface area contributed by atoms with Crippen molar-refractivity contribution >= 4 is 5.97 Å². The van der Waals surface area contributed by atoms with Gasteiger partial charge in [-0.25, -0.2) is 4.79 Å². The van der Waals surface area contributed by atoms with Gasteiger partial charge in [0.05, 0.1) is 13.7 Å². The second-order valence-electron chi connectivity index (χ2n) is 4.28. The van der Waals surface area contributed by atoms with E-state index in [9.17, 15) is 4.79 Å². The number of ether oxygens (including phenoxy) is 2. The number of aromatic carboxylic acids is 1. The average molecular weight is 236 g/mol. The lowest BCUT2D eigenvalue weighted by Crippen LogP contribution is -2.20. The summed E-state index contributed by atoms with van der Waals surface area (Å²) in [5, 5.41) is 9.09. The van der Waals surface area contributed by atoms with E-state index in [0.717, 1.165) is 0 Å². The van der Waals surface area contributed by atoms with Gasteiger partial charge in [0.15, 0.2) is 0 Å². The van der Waals surface area contributed by atoms with E-state index in [1.807, 2.05) is 0 Å². The molecular weight excluding hydrogens is 220 g/mol. The Labute approximate surface area is 100 Å². The van der Waals surface area contributed by atoms with Gasteiger partial charge < -0.3 is 14.6 Å². The van der Waals surface area contributed by atoms with Crippen LogP contribution in [0, 0.1) is 5.92 Å². The Kier molecular flexibility index (Phi) is 3.52. The van der Waals surface area contributed by atoms with Crippen LogP contribution in [0.5, 0.6) is 11.5 Å². The quantitative estimate of drug-likeness (QED) is 0.853. The highest BCUT2D eigenvalue weighted by Gasteiger charge is 2.19. The van der Waals surface area contributed by atoms with Crippen LogP contribution in [-0.4, -0.2) is 24.8 Å². The number of methoxy groups -OCH3 is 1. The fourth-order valence-electron chi connectivity index (χ4n) is 1.80. The Hall–Kier alpha value is -1.71. The standard InChI is InChI=1S/C13H16O4/c1-16-10-5-6-12(11(7-10)13(14)15)17-8-9-3-2-4-9/h5-7,9H,2-4,8H2,1H3,(H,14,15). The number of hydrogen-bond acceptors (Lipinski definition) is 3. The maximum atomic E-state index is 11.1. The molecule has 92 valence electrons. The van der Waals surface area contributed by atoms with E-state index in [2.05, 4.69) is 0 Å². The highest BCUT2D eigenvalue weighted by molar-refractivity contribution is 5.91. The van der Waals surface area contributed by atoms with Crippen molar-refractivity contribution in [1.82, 2.24) is 0 Å². The lowest BCUT2D eigenvalue weighted by Gasteiger charge is -2.25. The molecule has 4 nitrogen and oxygen atoms in total. The van der Waals surface area contributed by atoms with Gasteiger partial charge in [-0.05, 0) is 37.0 Å². The highest BCUT2D eigenvalue weighted by atomic mass is 16.5. The summed E-state index contributed by atoms with van der Waals surface area (Å²) >= 11 is 0. The SMILES string of the molecule is COc1ccc(OCC2CCC2)c(C(=O)O)c1. The summed E-state index contributed by atoms with van der Waals surface area (Å²) in [6, 6.07) is 4.85. The lowest BCUT2D eigenvalue weighted by atomic mass is 9.86. The van der Waals surface area contributed by atoms with Crippen LogP contribution >= 0.6 is 0 Å². The maximum absolute atomic E-state index is 11.1. The number of rotatable bonds is 5. The first-order chi connectivity index (χ1) is 8.20. The molecule has 1 aromatic carbocycles. The molecule has 0 heterocycles. The zero-order valence-electron chi connectivity index (χ0n) is 9.81. The lowest BCUT2D eigenvalue weighted by molar-refractivity contribution is 0.0689. The van der Waals surface area contributed by atoms with Crippen LogP contribution in [0.25, 0.3) is 0 Å². The number of carboxylic acid groups (broad SMARTS) is 1. The second kappa shape index (κ2) is 5.08. The van der Waals surface area contributed by atoms with Crippen molar-refractivity contribution < 1.29 is 19.4 Å². The van der Waals surface area contributed by atoms with Crippen LogP contribution in [0.2, 0.25) is 0 Å². The van der Waals surface area contributed by atoms with Crippen molar-refractivity contribution in [3.63, 3.8) is 0 Å². The summed E-state index contributed by atoms with van der Waals surface area (Å²) in [5.74, 6) is 0.537. The van der Waals surface area contributed by atoms with E-state index >= 15 is 0 Å². The van der Waals surface area contributed by atoms with Crippen molar-refractivity contribution in [3.8, 4) is 11.5 Å². The molecule has 0 unspecified atom stereocenters. The molecule has 0 spiro atoms. The molecule has 0 aliphatic heterocycles. The first-order valence-corrected chi connectivity index (χ1v) is 5.75. The van der Waals surface area contributed by atoms with Gasteiger partial charge in [0.1, 0.15) is 17.1 Å². The van der Waals surface area contributed by atoms with E-state index in [1.54, 1.807) is 12.1 Å². The van der Waals surface area contributed by atoms with E-state index in [0.29, 0.717) is 24.0 Å². The molecule has 1 N–H and O–H groups in total. The molecule has 1 saturated carbocycles. The van der Waals surface area contributed by atoms with E-state index < -0.39 is 5.97 Å². The van der Waals surface area contributed by atoms with Gasteiger partial charge in [-0.15, -0.1) is 0 Å². The van der Waals surface area contributed by atoms with E-state index in [4.69, 9.17) is 14.6 Å². The van der Waals surface area contributed by atoms with Crippen LogP contribution in [0.4, 0.5) is 0 Å². The molecule has 0 atom stereocenters. The van der Waals surface area contributed by atoms with Gasteiger partial charge in [0, 0.05) is 0 Å². The molecule has 1 fully saturated rings. The van der Waals surface area contributed by atoms with Crippen molar-refractivity contribution in [1.29, 1.82) is 0 Å². The molecule has 0 amide bonds. The van der Waals surface area contributed by atoms with E-state index in [1.165, 1.54) is 32.4 Å². The normalized spacial score (nSPS) is 15.1. The molecular formula is C13H16O4. The third kappa shape index (κ3) is 2.70. The predicted molar refractivity (Wildman–Crippen MR) is 62.8 cm³/mol. The third-order valence-corrected chi connectivity index (χ3v) is 3.12. The third-order valence-electron chi connectivity index (χ3n) is 3.12. The summed E-state index contributed by atoms with van der Waals surface area (Å²) in [6.07, 6.45) is 3.61. The first-order valence-electron chi connectivity index (χ1n) is 5.75. The van der Waals surface area contributed by atoms with Gasteiger partial charge in [0.2, 0.25) is 0 Å². The van der Waals surface area contributed by atoms with Crippen molar-refractivity contribution in [3.05, 3.63) is 23.8 Å². The molecule has 0 saturated heterocycles. The largest absolute Gasteiger partial charge is 0.497 e. The maximum Gasteiger partial charge on any atom is 0.339 e. The summed E-state index contributed by atoms with van der Waals surface area (Å²) in [4.78, 5) is 11.1. The Morgan fingerprint density at radius 3 is 2.76 bits per heavy atom. The van der Waals surface area contributed by atoms with Crippen LogP contribution in [0.1, 0.15) is 29.6 Å². The summed E-state index contributed by atoms with van der Waals surface area (Å²) < 4.78 is 10.6. The molecule has 0 radical (unpaired) electrons. The van der Waals surface area contributed by atoms with Crippen LogP contribution in [-0.2, 0) is 0 Å². The Balaban J connectivity index is 2.10.